The fourth-order valence-corrected chi connectivity index (χ4v) is 3.03. The van der Waals surface area contributed by atoms with Crippen LogP contribution >= 0.6 is 0 Å². The second-order valence-corrected chi connectivity index (χ2v) is 5.81. The van der Waals surface area contributed by atoms with E-state index in [1.165, 1.54) is 25.8 Å². The number of benzene rings is 1. The van der Waals surface area contributed by atoms with E-state index in [1.54, 1.807) is 0 Å². The average Bonchev–Trinajstić information content (AvgIpc) is 2.49. The van der Waals surface area contributed by atoms with Crippen LogP contribution in [0.25, 0.3) is 0 Å². The summed E-state index contributed by atoms with van der Waals surface area (Å²) in [6, 6.07) is 6.42. The zero-order chi connectivity index (χ0) is 14.7. The van der Waals surface area contributed by atoms with Gasteiger partial charge in [0, 0.05) is 24.8 Å². The van der Waals surface area contributed by atoms with Crippen LogP contribution in [0.4, 0.5) is 11.4 Å². The monoisotopic (exact) mass is 289 g/mol. The summed E-state index contributed by atoms with van der Waals surface area (Å²) in [5.74, 6) is 0.658. The van der Waals surface area contributed by atoms with Crippen molar-refractivity contribution in [2.45, 2.75) is 32.2 Å². The normalized spacial score (nSPS) is 19.6. The van der Waals surface area contributed by atoms with Crippen molar-refractivity contribution in [3.63, 3.8) is 0 Å². The van der Waals surface area contributed by atoms with Gasteiger partial charge in [-0.05, 0) is 44.0 Å². The van der Waals surface area contributed by atoms with Crippen molar-refractivity contribution in [2.24, 2.45) is 0 Å². The van der Waals surface area contributed by atoms with Crippen LogP contribution in [0, 0.1) is 0 Å². The number of amides is 1. The van der Waals surface area contributed by atoms with Gasteiger partial charge in [-0.15, -0.1) is 0 Å². The molecule has 0 atom stereocenters. The first-order valence-electron chi connectivity index (χ1n) is 7.80. The number of carbonyl (C=O) groups is 1. The van der Waals surface area contributed by atoms with Crippen LogP contribution in [-0.2, 0) is 4.79 Å². The second kappa shape index (κ2) is 6.35. The van der Waals surface area contributed by atoms with Crippen molar-refractivity contribution < 1.29 is 9.53 Å². The lowest BCUT2D eigenvalue weighted by molar-refractivity contribution is -0.118. The first-order valence-corrected chi connectivity index (χ1v) is 7.80. The highest BCUT2D eigenvalue weighted by Gasteiger charge is 2.20. The Hall–Kier alpha value is -1.75. The van der Waals surface area contributed by atoms with Crippen molar-refractivity contribution >= 4 is 17.3 Å². The number of nitrogens with one attached hydrogen (secondary N) is 2. The molecule has 0 saturated carbocycles. The summed E-state index contributed by atoms with van der Waals surface area (Å²) in [5, 5.41) is 6.42. The summed E-state index contributed by atoms with van der Waals surface area (Å²) >= 11 is 0. The van der Waals surface area contributed by atoms with E-state index in [0.717, 1.165) is 30.2 Å². The number of hydrogen-bond donors (Lipinski definition) is 2. The molecule has 0 bridgehead atoms. The number of rotatable bonds is 4. The molecule has 0 radical (unpaired) electrons. The van der Waals surface area contributed by atoms with Crippen molar-refractivity contribution in [2.75, 3.05) is 36.9 Å². The van der Waals surface area contributed by atoms with Crippen molar-refractivity contribution in [3.8, 4) is 5.75 Å². The van der Waals surface area contributed by atoms with E-state index in [2.05, 4.69) is 22.5 Å². The minimum absolute atomic E-state index is 0.0903. The molecule has 0 aliphatic carbocycles. The van der Waals surface area contributed by atoms with Gasteiger partial charge >= 0.3 is 0 Å². The van der Waals surface area contributed by atoms with E-state index < -0.39 is 0 Å². The molecule has 2 N–H and O–H groups in total. The Bertz CT molecular complexity index is 510. The molecule has 0 unspecified atom stereocenters. The Morgan fingerprint density at radius 1 is 1.38 bits per heavy atom. The van der Waals surface area contributed by atoms with Crippen LogP contribution in [0.2, 0.25) is 0 Å². The molecular formula is C16H23N3O2. The summed E-state index contributed by atoms with van der Waals surface area (Å²) in [5.41, 5.74) is 1.81. The third kappa shape index (κ3) is 3.47. The maximum absolute atomic E-state index is 11.4. The molecular weight excluding hydrogens is 266 g/mol. The molecule has 1 saturated heterocycles. The topological polar surface area (TPSA) is 53.6 Å². The number of fused-ring (bicyclic) bond motifs is 1. The first-order chi connectivity index (χ1) is 10.2. The lowest BCUT2D eigenvalue weighted by Gasteiger charge is -2.32. The van der Waals surface area contributed by atoms with Gasteiger partial charge in [0.25, 0.3) is 5.91 Å². The van der Waals surface area contributed by atoms with Crippen LogP contribution in [0.1, 0.15) is 26.2 Å². The molecule has 2 aliphatic rings. The molecule has 5 heteroatoms. The maximum Gasteiger partial charge on any atom is 0.262 e. The van der Waals surface area contributed by atoms with E-state index >= 15 is 0 Å². The standard InChI is InChI=1S/C16H23N3O2/c1-2-7-19-8-5-12(6-9-19)17-13-3-4-15-14(10-13)18-16(20)11-21-15/h3-4,10,12,17H,2,5-9,11H2,1H3,(H,18,20). The van der Waals surface area contributed by atoms with Gasteiger partial charge in [0.2, 0.25) is 0 Å². The van der Waals surface area contributed by atoms with Crippen LogP contribution in [0.3, 0.4) is 0 Å². The zero-order valence-corrected chi connectivity index (χ0v) is 12.5. The largest absolute Gasteiger partial charge is 0.482 e. The van der Waals surface area contributed by atoms with Gasteiger partial charge in [-0.2, -0.15) is 0 Å². The number of carbonyl (C=O) groups excluding carboxylic acids is 1. The molecule has 1 aromatic carbocycles. The third-order valence-corrected chi connectivity index (χ3v) is 4.11. The van der Waals surface area contributed by atoms with Gasteiger partial charge in [0.1, 0.15) is 5.75 Å². The molecule has 2 aliphatic heterocycles. The predicted octanol–water partition coefficient (Wildman–Crippen LogP) is 2.30. The van der Waals surface area contributed by atoms with Crippen LogP contribution in [-0.4, -0.2) is 43.1 Å². The summed E-state index contributed by atoms with van der Waals surface area (Å²) in [4.78, 5) is 13.9. The van der Waals surface area contributed by atoms with Gasteiger partial charge in [0.05, 0.1) is 5.69 Å². The van der Waals surface area contributed by atoms with E-state index in [1.807, 2.05) is 18.2 Å². The van der Waals surface area contributed by atoms with E-state index in [9.17, 15) is 4.79 Å². The van der Waals surface area contributed by atoms with E-state index in [0.29, 0.717) is 6.04 Å². The molecule has 114 valence electrons. The number of ether oxygens (including phenoxy) is 1. The molecule has 1 aromatic rings. The SMILES string of the molecule is CCCN1CCC(Nc2ccc3c(c2)NC(=O)CO3)CC1. The molecule has 0 aromatic heterocycles. The molecule has 3 rings (SSSR count). The fourth-order valence-electron chi connectivity index (χ4n) is 3.03. The Kier molecular flexibility index (Phi) is 4.29. The smallest absolute Gasteiger partial charge is 0.262 e. The summed E-state index contributed by atoms with van der Waals surface area (Å²) in [6.45, 7) is 5.87. The Balaban J connectivity index is 1.59. The lowest BCUT2D eigenvalue weighted by Crippen LogP contribution is -2.39. The number of hydrogen-bond acceptors (Lipinski definition) is 4. The second-order valence-electron chi connectivity index (χ2n) is 5.81. The van der Waals surface area contributed by atoms with Crippen molar-refractivity contribution in [3.05, 3.63) is 18.2 Å². The molecule has 2 heterocycles. The van der Waals surface area contributed by atoms with Gasteiger partial charge in [0.15, 0.2) is 6.61 Å². The summed E-state index contributed by atoms with van der Waals surface area (Å²) in [7, 11) is 0. The lowest BCUT2D eigenvalue weighted by atomic mass is 10.0. The average molecular weight is 289 g/mol. The van der Waals surface area contributed by atoms with Gasteiger partial charge in [-0.25, -0.2) is 0 Å². The van der Waals surface area contributed by atoms with E-state index in [4.69, 9.17) is 4.74 Å². The predicted molar refractivity (Wildman–Crippen MR) is 83.9 cm³/mol. The molecule has 1 fully saturated rings. The molecule has 5 nitrogen and oxygen atoms in total. The quantitative estimate of drug-likeness (QED) is 0.893. The van der Waals surface area contributed by atoms with Crippen LogP contribution in [0.5, 0.6) is 5.75 Å². The van der Waals surface area contributed by atoms with Crippen LogP contribution < -0.4 is 15.4 Å². The highest BCUT2D eigenvalue weighted by atomic mass is 16.5. The Labute approximate surface area is 125 Å². The minimum atomic E-state index is -0.0903. The molecule has 1 amide bonds. The van der Waals surface area contributed by atoms with Crippen LogP contribution in [0.15, 0.2) is 18.2 Å². The number of piperidine rings is 1. The number of likely N-dealkylation sites (tertiary alicyclic amines) is 1. The molecule has 0 spiro atoms. The Morgan fingerprint density at radius 3 is 2.95 bits per heavy atom. The fraction of sp³-hybridized carbons (Fsp3) is 0.562. The van der Waals surface area contributed by atoms with Gasteiger partial charge < -0.3 is 20.3 Å². The van der Waals surface area contributed by atoms with Crippen molar-refractivity contribution in [1.82, 2.24) is 4.90 Å². The third-order valence-electron chi connectivity index (χ3n) is 4.11. The van der Waals surface area contributed by atoms with Crippen molar-refractivity contribution in [1.29, 1.82) is 0 Å². The number of anilines is 2. The summed E-state index contributed by atoms with van der Waals surface area (Å²) < 4.78 is 5.38. The van der Waals surface area contributed by atoms with Gasteiger partial charge in [-0.3, -0.25) is 4.79 Å². The number of nitrogens with zero attached hydrogens (tertiary/aromatic N) is 1. The Morgan fingerprint density at radius 2 is 2.19 bits per heavy atom. The highest BCUT2D eigenvalue weighted by Crippen LogP contribution is 2.31. The highest BCUT2D eigenvalue weighted by molar-refractivity contribution is 5.96. The minimum Gasteiger partial charge on any atom is -0.482 e. The van der Waals surface area contributed by atoms with E-state index in [-0.39, 0.29) is 12.5 Å². The maximum atomic E-state index is 11.4. The zero-order valence-electron chi connectivity index (χ0n) is 12.5. The van der Waals surface area contributed by atoms with Gasteiger partial charge in [-0.1, -0.05) is 6.92 Å². The summed E-state index contributed by atoms with van der Waals surface area (Å²) in [6.07, 6.45) is 3.56. The first kappa shape index (κ1) is 14.2. The molecule has 21 heavy (non-hydrogen) atoms.